The number of hydrogen-bond donors (Lipinski definition) is 1. The van der Waals surface area contributed by atoms with Crippen LogP contribution in [0.25, 0.3) is 0 Å². The van der Waals surface area contributed by atoms with E-state index in [4.69, 9.17) is 5.11 Å². The molecule has 0 aliphatic carbocycles. The predicted octanol–water partition coefficient (Wildman–Crippen LogP) is 1.67. The number of aliphatic carboxylic acids is 1. The van der Waals surface area contributed by atoms with Gasteiger partial charge in [-0.05, 0) is 13.3 Å². The molecular weight excluding hydrogens is 116 g/mol. The summed E-state index contributed by atoms with van der Waals surface area (Å²) in [6.07, 6.45) is 4.35. The minimum atomic E-state index is -0.729. The largest absolute Gasteiger partial charge is 0.481 e. The Labute approximate surface area is 55.2 Å². The molecule has 0 saturated heterocycles. The zero-order chi connectivity index (χ0) is 7.28. The summed E-state index contributed by atoms with van der Waals surface area (Å²) in [4.78, 5) is 10.2. The van der Waals surface area contributed by atoms with Gasteiger partial charge in [-0.1, -0.05) is 19.1 Å². The van der Waals surface area contributed by atoms with Gasteiger partial charge in [-0.25, -0.2) is 0 Å². The van der Waals surface area contributed by atoms with E-state index in [1.54, 1.807) is 6.92 Å². The zero-order valence-corrected chi connectivity index (χ0v) is 5.79. The first-order valence-electron chi connectivity index (χ1n) is 3.02. The molecule has 1 N–H and O–H groups in total. The maximum atomic E-state index is 10.2. The Hall–Kier alpha value is -0.790. The highest BCUT2D eigenvalue weighted by atomic mass is 16.4. The maximum absolute atomic E-state index is 10.2. The standard InChI is InChI=1S/C7H12O2/c1-3-4-5-6(2)7(8)9/h3-4,6H,5H2,1-2H3,(H,8,9). The second-order valence-corrected chi connectivity index (χ2v) is 2.04. The van der Waals surface area contributed by atoms with Crippen LogP contribution in [0.2, 0.25) is 0 Å². The molecule has 0 bridgehead atoms. The molecule has 0 aromatic rings. The number of allylic oxidation sites excluding steroid dienone is 2. The average Bonchev–Trinajstić information content (AvgIpc) is 1.82. The molecule has 0 aromatic carbocycles. The van der Waals surface area contributed by atoms with Crippen LogP contribution < -0.4 is 0 Å². The highest BCUT2D eigenvalue weighted by molar-refractivity contribution is 5.69. The molecule has 2 nitrogen and oxygen atoms in total. The summed E-state index contributed by atoms with van der Waals surface area (Å²) >= 11 is 0. The molecule has 0 spiro atoms. The summed E-state index contributed by atoms with van der Waals surface area (Å²) in [6, 6.07) is 0. The molecule has 0 radical (unpaired) electrons. The average molecular weight is 128 g/mol. The summed E-state index contributed by atoms with van der Waals surface area (Å²) in [6.45, 7) is 3.58. The Morgan fingerprint density at radius 2 is 2.33 bits per heavy atom. The molecule has 0 amide bonds. The second kappa shape index (κ2) is 4.13. The van der Waals surface area contributed by atoms with Gasteiger partial charge < -0.3 is 5.11 Å². The van der Waals surface area contributed by atoms with Gasteiger partial charge in [0.25, 0.3) is 0 Å². The van der Waals surface area contributed by atoms with Crippen molar-refractivity contribution in [3.8, 4) is 0 Å². The molecule has 52 valence electrons. The van der Waals surface area contributed by atoms with Crippen molar-refractivity contribution < 1.29 is 9.90 Å². The Balaban J connectivity index is 3.50. The Morgan fingerprint density at radius 1 is 1.78 bits per heavy atom. The first kappa shape index (κ1) is 8.21. The molecular formula is C7H12O2. The smallest absolute Gasteiger partial charge is 0.306 e. The lowest BCUT2D eigenvalue weighted by atomic mass is 10.1. The number of carboxylic acids is 1. The van der Waals surface area contributed by atoms with Crippen LogP contribution in [0.3, 0.4) is 0 Å². The van der Waals surface area contributed by atoms with Crippen molar-refractivity contribution in [2.45, 2.75) is 20.3 Å². The molecule has 0 aliphatic heterocycles. The fourth-order valence-electron chi connectivity index (χ4n) is 0.441. The molecule has 0 rings (SSSR count). The van der Waals surface area contributed by atoms with Gasteiger partial charge in [0.05, 0.1) is 5.92 Å². The van der Waals surface area contributed by atoms with E-state index in [0.717, 1.165) is 0 Å². The third-order valence-corrected chi connectivity index (χ3v) is 1.15. The van der Waals surface area contributed by atoms with Crippen LogP contribution in [-0.2, 0) is 4.79 Å². The van der Waals surface area contributed by atoms with E-state index in [-0.39, 0.29) is 5.92 Å². The number of carbonyl (C=O) groups is 1. The highest BCUT2D eigenvalue weighted by Crippen LogP contribution is 2.01. The quantitative estimate of drug-likeness (QED) is 0.587. The van der Waals surface area contributed by atoms with Crippen LogP contribution in [0.15, 0.2) is 12.2 Å². The minimum absolute atomic E-state index is 0.249. The van der Waals surface area contributed by atoms with Gasteiger partial charge in [0.15, 0.2) is 0 Å². The molecule has 2 heteroatoms. The topological polar surface area (TPSA) is 37.3 Å². The van der Waals surface area contributed by atoms with Crippen LogP contribution in [0.1, 0.15) is 20.3 Å². The van der Waals surface area contributed by atoms with Crippen molar-refractivity contribution in [2.75, 3.05) is 0 Å². The summed E-state index contributed by atoms with van der Waals surface area (Å²) in [7, 11) is 0. The van der Waals surface area contributed by atoms with E-state index in [0.29, 0.717) is 6.42 Å². The predicted molar refractivity (Wildman–Crippen MR) is 36.2 cm³/mol. The van der Waals surface area contributed by atoms with Crippen LogP contribution in [0.5, 0.6) is 0 Å². The van der Waals surface area contributed by atoms with Crippen LogP contribution in [0, 0.1) is 5.92 Å². The number of rotatable bonds is 3. The lowest BCUT2D eigenvalue weighted by Crippen LogP contribution is -2.07. The van der Waals surface area contributed by atoms with Gasteiger partial charge in [0.2, 0.25) is 0 Å². The third-order valence-electron chi connectivity index (χ3n) is 1.15. The Bertz CT molecular complexity index is 116. The fourth-order valence-corrected chi connectivity index (χ4v) is 0.441. The van der Waals surface area contributed by atoms with Crippen LogP contribution >= 0.6 is 0 Å². The molecule has 0 saturated carbocycles. The maximum Gasteiger partial charge on any atom is 0.306 e. The summed E-state index contributed by atoms with van der Waals surface area (Å²) in [5.41, 5.74) is 0. The molecule has 0 aromatic heterocycles. The number of hydrogen-bond acceptors (Lipinski definition) is 1. The van der Waals surface area contributed by atoms with E-state index < -0.39 is 5.97 Å². The first-order chi connectivity index (χ1) is 4.18. The Morgan fingerprint density at radius 3 is 2.67 bits per heavy atom. The normalized spacial score (nSPS) is 14.0. The second-order valence-electron chi connectivity index (χ2n) is 2.04. The SMILES string of the molecule is CC=CCC(C)C(=O)O. The highest BCUT2D eigenvalue weighted by Gasteiger charge is 2.06. The van der Waals surface area contributed by atoms with E-state index in [1.165, 1.54) is 0 Å². The molecule has 0 heterocycles. The van der Waals surface area contributed by atoms with E-state index in [9.17, 15) is 4.79 Å². The Kier molecular flexibility index (Phi) is 3.76. The van der Waals surface area contributed by atoms with Gasteiger partial charge in [0, 0.05) is 0 Å². The van der Waals surface area contributed by atoms with Crippen molar-refractivity contribution in [1.82, 2.24) is 0 Å². The first-order valence-corrected chi connectivity index (χ1v) is 3.02. The van der Waals surface area contributed by atoms with Gasteiger partial charge in [-0.2, -0.15) is 0 Å². The monoisotopic (exact) mass is 128 g/mol. The van der Waals surface area contributed by atoms with E-state index in [2.05, 4.69) is 0 Å². The molecule has 0 fully saturated rings. The molecule has 9 heavy (non-hydrogen) atoms. The molecule has 1 atom stereocenters. The molecule has 1 unspecified atom stereocenters. The summed E-state index contributed by atoms with van der Waals surface area (Å²) < 4.78 is 0. The van der Waals surface area contributed by atoms with Crippen molar-refractivity contribution in [1.29, 1.82) is 0 Å². The summed E-state index contributed by atoms with van der Waals surface area (Å²) in [5, 5.41) is 8.37. The third kappa shape index (κ3) is 3.76. The minimum Gasteiger partial charge on any atom is -0.481 e. The van der Waals surface area contributed by atoms with Crippen molar-refractivity contribution in [3.05, 3.63) is 12.2 Å². The van der Waals surface area contributed by atoms with Crippen LogP contribution in [-0.4, -0.2) is 11.1 Å². The lowest BCUT2D eigenvalue weighted by molar-refractivity contribution is -0.140. The van der Waals surface area contributed by atoms with Gasteiger partial charge in [-0.15, -0.1) is 0 Å². The zero-order valence-electron chi connectivity index (χ0n) is 5.79. The van der Waals surface area contributed by atoms with Gasteiger partial charge in [0.1, 0.15) is 0 Å². The molecule has 0 aliphatic rings. The van der Waals surface area contributed by atoms with E-state index >= 15 is 0 Å². The number of carboxylic acid groups (broad SMARTS) is 1. The van der Waals surface area contributed by atoms with Gasteiger partial charge >= 0.3 is 5.97 Å². The van der Waals surface area contributed by atoms with Gasteiger partial charge in [-0.3, -0.25) is 4.79 Å². The summed E-state index contributed by atoms with van der Waals surface area (Å²) in [5.74, 6) is -0.977. The van der Waals surface area contributed by atoms with Crippen molar-refractivity contribution >= 4 is 5.97 Å². The fraction of sp³-hybridized carbons (Fsp3) is 0.571. The van der Waals surface area contributed by atoms with Crippen molar-refractivity contribution in [2.24, 2.45) is 5.92 Å². The lowest BCUT2D eigenvalue weighted by Gasteiger charge is -1.98. The van der Waals surface area contributed by atoms with E-state index in [1.807, 2.05) is 19.1 Å². The van der Waals surface area contributed by atoms with Crippen LogP contribution in [0.4, 0.5) is 0 Å². The van der Waals surface area contributed by atoms with Crippen molar-refractivity contribution in [3.63, 3.8) is 0 Å².